The van der Waals surface area contributed by atoms with Gasteiger partial charge in [-0.3, -0.25) is 0 Å². The number of phenolic OH excluding ortho intramolecular Hbond substituents is 1. The van der Waals surface area contributed by atoms with Crippen molar-refractivity contribution in [3.05, 3.63) is 40.9 Å². The average Bonchev–Trinajstić information content (AvgIpc) is 2.79. The van der Waals surface area contributed by atoms with Crippen LogP contribution in [0.1, 0.15) is 31.2 Å². The summed E-state index contributed by atoms with van der Waals surface area (Å²) in [4.78, 5) is 4.26. The van der Waals surface area contributed by atoms with Gasteiger partial charge < -0.3 is 5.11 Å². The van der Waals surface area contributed by atoms with Gasteiger partial charge in [0.15, 0.2) is 0 Å². The summed E-state index contributed by atoms with van der Waals surface area (Å²) in [6.45, 7) is 3.04. The summed E-state index contributed by atoms with van der Waals surface area (Å²) in [6, 6.07) is 5.21. The number of benzene rings is 1. The first-order valence-corrected chi connectivity index (χ1v) is 6.42. The van der Waals surface area contributed by atoms with Gasteiger partial charge in [0.1, 0.15) is 17.9 Å². The Labute approximate surface area is 111 Å². The maximum atomic E-state index is 9.38. The maximum absolute atomic E-state index is 9.38. The first-order valence-electron chi connectivity index (χ1n) is 6.04. The average molecular weight is 266 g/mol. The van der Waals surface area contributed by atoms with Crippen LogP contribution >= 0.6 is 11.6 Å². The number of unbranched alkanes of at least 4 members (excludes halogenated alkanes) is 1. The molecule has 0 atom stereocenters. The summed E-state index contributed by atoms with van der Waals surface area (Å²) in [5, 5.41) is 14.0. The third-order valence-electron chi connectivity index (χ3n) is 2.79. The Morgan fingerprint density at radius 3 is 2.94 bits per heavy atom. The molecule has 0 amide bonds. The van der Waals surface area contributed by atoms with Crippen LogP contribution in [0.4, 0.5) is 0 Å². The lowest BCUT2D eigenvalue weighted by molar-refractivity contribution is 0.475. The first kappa shape index (κ1) is 12.9. The van der Waals surface area contributed by atoms with Crippen LogP contribution in [0.5, 0.6) is 5.75 Å². The van der Waals surface area contributed by atoms with Gasteiger partial charge >= 0.3 is 0 Å². The van der Waals surface area contributed by atoms with Crippen LogP contribution in [0.2, 0.25) is 5.02 Å². The van der Waals surface area contributed by atoms with E-state index in [-0.39, 0.29) is 5.75 Å². The third kappa shape index (κ3) is 3.01. The Kier molecular flexibility index (Phi) is 4.20. The van der Waals surface area contributed by atoms with Crippen molar-refractivity contribution in [3.63, 3.8) is 0 Å². The lowest BCUT2D eigenvalue weighted by Gasteiger charge is -2.06. The van der Waals surface area contributed by atoms with Gasteiger partial charge in [0, 0.05) is 13.0 Å². The predicted molar refractivity (Wildman–Crippen MR) is 70.9 cm³/mol. The molecule has 18 heavy (non-hydrogen) atoms. The summed E-state index contributed by atoms with van der Waals surface area (Å²) in [5.74, 6) is 1.03. The smallest absolute Gasteiger partial charge is 0.138 e. The van der Waals surface area contributed by atoms with E-state index >= 15 is 0 Å². The summed E-state index contributed by atoms with van der Waals surface area (Å²) < 4.78 is 1.92. The van der Waals surface area contributed by atoms with Crippen molar-refractivity contribution in [2.75, 3.05) is 0 Å². The largest absolute Gasteiger partial charge is 0.506 e. The van der Waals surface area contributed by atoms with E-state index < -0.39 is 0 Å². The minimum Gasteiger partial charge on any atom is -0.506 e. The summed E-state index contributed by atoms with van der Waals surface area (Å²) in [6.07, 6.45) is 4.47. The number of aromatic nitrogens is 3. The predicted octanol–water partition coefficient (Wildman–Crippen LogP) is 3.03. The topological polar surface area (TPSA) is 50.9 Å². The van der Waals surface area contributed by atoms with Crippen molar-refractivity contribution in [1.29, 1.82) is 0 Å². The van der Waals surface area contributed by atoms with Crippen LogP contribution < -0.4 is 0 Å². The van der Waals surface area contributed by atoms with Crippen LogP contribution in [0.25, 0.3) is 0 Å². The van der Waals surface area contributed by atoms with Gasteiger partial charge in [-0.1, -0.05) is 31.0 Å². The molecule has 2 rings (SSSR count). The molecule has 0 aliphatic carbocycles. The third-order valence-corrected chi connectivity index (χ3v) is 3.10. The number of nitrogens with zero attached hydrogens (tertiary/aromatic N) is 3. The molecular weight excluding hydrogens is 250 g/mol. The number of hydrogen-bond acceptors (Lipinski definition) is 3. The second-order valence-corrected chi connectivity index (χ2v) is 4.62. The van der Waals surface area contributed by atoms with E-state index in [0.29, 0.717) is 11.4 Å². The van der Waals surface area contributed by atoms with Gasteiger partial charge in [0.05, 0.1) is 5.02 Å². The fourth-order valence-corrected chi connectivity index (χ4v) is 1.97. The van der Waals surface area contributed by atoms with E-state index in [1.54, 1.807) is 18.5 Å². The molecular formula is C13H16ClN3O. The van der Waals surface area contributed by atoms with Crippen molar-refractivity contribution in [2.45, 2.75) is 32.7 Å². The standard InChI is InChI=1S/C13H16ClN3O/c1-2-3-6-17-13(15-9-16-17)8-10-4-5-12(18)11(14)7-10/h4-5,7,9,18H,2-3,6,8H2,1H3. The second kappa shape index (κ2) is 5.87. The van der Waals surface area contributed by atoms with Crippen molar-refractivity contribution in [2.24, 2.45) is 0 Å². The highest BCUT2D eigenvalue weighted by molar-refractivity contribution is 6.32. The molecule has 0 radical (unpaired) electrons. The van der Waals surface area contributed by atoms with E-state index in [0.717, 1.165) is 30.8 Å². The van der Waals surface area contributed by atoms with Gasteiger partial charge in [-0.05, 0) is 24.1 Å². The minimum absolute atomic E-state index is 0.105. The van der Waals surface area contributed by atoms with Crippen molar-refractivity contribution in [1.82, 2.24) is 14.8 Å². The molecule has 0 unspecified atom stereocenters. The number of halogens is 1. The molecule has 0 bridgehead atoms. The highest BCUT2D eigenvalue weighted by Crippen LogP contribution is 2.24. The zero-order valence-electron chi connectivity index (χ0n) is 10.3. The Bertz CT molecular complexity index is 525. The zero-order chi connectivity index (χ0) is 13.0. The Morgan fingerprint density at radius 2 is 2.22 bits per heavy atom. The normalized spacial score (nSPS) is 10.8. The van der Waals surface area contributed by atoms with Gasteiger partial charge in [-0.15, -0.1) is 0 Å². The molecule has 0 spiro atoms. The number of aromatic hydroxyl groups is 1. The molecule has 4 nitrogen and oxygen atoms in total. The lowest BCUT2D eigenvalue weighted by Crippen LogP contribution is -2.06. The molecule has 0 aliphatic heterocycles. The monoisotopic (exact) mass is 265 g/mol. The fraction of sp³-hybridized carbons (Fsp3) is 0.385. The molecule has 2 aromatic rings. The quantitative estimate of drug-likeness (QED) is 0.904. The molecule has 1 heterocycles. The molecule has 96 valence electrons. The van der Waals surface area contributed by atoms with Crippen LogP contribution in [0, 0.1) is 0 Å². The maximum Gasteiger partial charge on any atom is 0.138 e. The number of phenols is 1. The van der Waals surface area contributed by atoms with Crippen LogP contribution in [0.3, 0.4) is 0 Å². The molecule has 1 aromatic heterocycles. The molecule has 1 N–H and O–H groups in total. The summed E-state index contributed by atoms with van der Waals surface area (Å²) >= 11 is 5.88. The van der Waals surface area contributed by atoms with E-state index in [9.17, 15) is 5.11 Å². The Morgan fingerprint density at radius 1 is 1.39 bits per heavy atom. The van der Waals surface area contributed by atoms with E-state index in [1.165, 1.54) is 0 Å². The molecule has 5 heteroatoms. The fourth-order valence-electron chi connectivity index (χ4n) is 1.76. The SMILES string of the molecule is CCCCn1ncnc1Cc1ccc(O)c(Cl)c1. The Balaban J connectivity index is 2.13. The van der Waals surface area contributed by atoms with Gasteiger partial charge in [-0.2, -0.15) is 5.10 Å². The molecule has 1 aromatic carbocycles. The number of rotatable bonds is 5. The van der Waals surface area contributed by atoms with Crippen molar-refractivity contribution >= 4 is 11.6 Å². The van der Waals surface area contributed by atoms with Crippen molar-refractivity contribution in [3.8, 4) is 5.75 Å². The van der Waals surface area contributed by atoms with Gasteiger partial charge in [0.2, 0.25) is 0 Å². The lowest BCUT2D eigenvalue weighted by atomic mass is 10.1. The van der Waals surface area contributed by atoms with Crippen LogP contribution in [0.15, 0.2) is 24.5 Å². The molecule has 0 fully saturated rings. The van der Waals surface area contributed by atoms with E-state index in [4.69, 9.17) is 11.6 Å². The van der Waals surface area contributed by atoms with Gasteiger partial charge in [0.25, 0.3) is 0 Å². The highest BCUT2D eigenvalue weighted by Gasteiger charge is 2.07. The Hall–Kier alpha value is -1.55. The number of hydrogen-bond donors (Lipinski definition) is 1. The van der Waals surface area contributed by atoms with Crippen LogP contribution in [-0.4, -0.2) is 19.9 Å². The summed E-state index contributed by atoms with van der Waals surface area (Å²) in [5.41, 5.74) is 1.02. The van der Waals surface area contributed by atoms with Crippen LogP contribution in [-0.2, 0) is 13.0 Å². The molecule has 0 saturated heterocycles. The second-order valence-electron chi connectivity index (χ2n) is 4.22. The molecule has 0 saturated carbocycles. The van der Waals surface area contributed by atoms with E-state index in [2.05, 4.69) is 17.0 Å². The van der Waals surface area contributed by atoms with Gasteiger partial charge in [-0.25, -0.2) is 9.67 Å². The zero-order valence-corrected chi connectivity index (χ0v) is 11.1. The summed E-state index contributed by atoms with van der Waals surface area (Å²) in [7, 11) is 0. The first-order chi connectivity index (χ1) is 8.70. The van der Waals surface area contributed by atoms with Crippen molar-refractivity contribution < 1.29 is 5.11 Å². The van der Waals surface area contributed by atoms with E-state index in [1.807, 2.05) is 10.7 Å². The number of aryl methyl sites for hydroxylation is 1. The highest BCUT2D eigenvalue weighted by atomic mass is 35.5. The molecule has 0 aliphatic rings. The minimum atomic E-state index is 0.105.